The Bertz CT molecular complexity index is 652. The number of ether oxygens (including phenoxy) is 2. The van der Waals surface area contributed by atoms with Crippen molar-refractivity contribution in [1.29, 1.82) is 0 Å². The second-order valence-electron chi connectivity index (χ2n) is 5.92. The van der Waals surface area contributed by atoms with Gasteiger partial charge in [0.15, 0.2) is 11.5 Å². The van der Waals surface area contributed by atoms with Gasteiger partial charge in [0.2, 0.25) is 0 Å². The molecule has 0 aliphatic carbocycles. The summed E-state index contributed by atoms with van der Waals surface area (Å²) >= 11 is 0. The summed E-state index contributed by atoms with van der Waals surface area (Å²) in [5, 5.41) is 0. The maximum absolute atomic E-state index is 6.07. The highest BCUT2D eigenvalue weighted by Gasteiger charge is 2.15. The number of rotatable bonds is 7. The van der Waals surface area contributed by atoms with Gasteiger partial charge in [0, 0.05) is 5.92 Å². The summed E-state index contributed by atoms with van der Waals surface area (Å²) in [6, 6.07) is 12.7. The minimum atomic E-state index is 0.303. The molecule has 0 aliphatic rings. The molecule has 1 unspecified atom stereocenters. The lowest BCUT2D eigenvalue weighted by Crippen LogP contribution is -2.16. The lowest BCUT2D eigenvalue weighted by Gasteiger charge is -2.19. The highest BCUT2D eigenvalue weighted by molar-refractivity contribution is 5.44. The highest BCUT2D eigenvalue weighted by atomic mass is 16.5. The van der Waals surface area contributed by atoms with Crippen LogP contribution < -0.4 is 15.2 Å². The molecule has 0 bridgehead atoms. The lowest BCUT2D eigenvalue weighted by molar-refractivity contribution is 0.310. The summed E-state index contributed by atoms with van der Waals surface area (Å²) in [5.41, 5.74) is 11.2. The Kier molecular flexibility index (Phi) is 6.05. The normalized spacial score (nSPS) is 12.0. The fourth-order valence-corrected chi connectivity index (χ4v) is 2.92. The summed E-state index contributed by atoms with van der Waals surface area (Å²) in [4.78, 5) is 0. The van der Waals surface area contributed by atoms with Gasteiger partial charge in [0.25, 0.3) is 0 Å². The van der Waals surface area contributed by atoms with Gasteiger partial charge in [-0.05, 0) is 62.6 Å². The van der Waals surface area contributed by atoms with Crippen molar-refractivity contribution in [2.75, 3.05) is 20.3 Å². The average molecular weight is 313 g/mol. The van der Waals surface area contributed by atoms with Gasteiger partial charge in [-0.2, -0.15) is 0 Å². The van der Waals surface area contributed by atoms with Gasteiger partial charge < -0.3 is 15.2 Å². The molecule has 0 saturated heterocycles. The molecule has 0 radical (unpaired) electrons. The monoisotopic (exact) mass is 313 g/mol. The zero-order chi connectivity index (χ0) is 16.8. The van der Waals surface area contributed by atoms with Gasteiger partial charge in [-0.25, -0.2) is 0 Å². The van der Waals surface area contributed by atoms with Crippen LogP contribution in [0.15, 0.2) is 36.4 Å². The second-order valence-corrected chi connectivity index (χ2v) is 5.92. The van der Waals surface area contributed by atoms with Crippen LogP contribution in [0.25, 0.3) is 0 Å². The Morgan fingerprint density at radius 1 is 1.04 bits per heavy atom. The molecular formula is C20H27NO2. The summed E-state index contributed by atoms with van der Waals surface area (Å²) in [5.74, 6) is 1.87. The smallest absolute Gasteiger partial charge is 0.161 e. The first-order valence-electron chi connectivity index (χ1n) is 8.16. The van der Waals surface area contributed by atoms with Gasteiger partial charge in [-0.15, -0.1) is 0 Å². The topological polar surface area (TPSA) is 44.5 Å². The maximum Gasteiger partial charge on any atom is 0.161 e. The van der Waals surface area contributed by atoms with E-state index in [0.717, 1.165) is 17.9 Å². The minimum Gasteiger partial charge on any atom is -0.493 e. The quantitative estimate of drug-likeness (QED) is 0.840. The fourth-order valence-electron chi connectivity index (χ4n) is 2.92. The van der Waals surface area contributed by atoms with Crippen LogP contribution in [0, 0.1) is 13.8 Å². The SMILES string of the molecule is CCOc1cc(CC(CN)c2cc(C)ccc2C)ccc1OC. The number of nitrogens with two attached hydrogens (primary N) is 1. The van der Waals surface area contributed by atoms with E-state index >= 15 is 0 Å². The van der Waals surface area contributed by atoms with Crippen molar-refractivity contribution >= 4 is 0 Å². The van der Waals surface area contributed by atoms with Crippen molar-refractivity contribution in [2.24, 2.45) is 5.73 Å². The standard InChI is InChI=1S/C20H27NO2/c1-5-23-20-12-16(8-9-19(20)22-4)11-17(13-21)18-10-14(2)6-7-15(18)3/h6-10,12,17H,5,11,13,21H2,1-4H3. The Morgan fingerprint density at radius 3 is 2.48 bits per heavy atom. The number of methoxy groups -OCH3 is 1. The van der Waals surface area contributed by atoms with Gasteiger partial charge >= 0.3 is 0 Å². The van der Waals surface area contributed by atoms with Gasteiger partial charge in [0.1, 0.15) is 0 Å². The van der Waals surface area contributed by atoms with Crippen LogP contribution in [0.5, 0.6) is 11.5 Å². The van der Waals surface area contributed by atoms with Crippen LogP contribution in [0.2, 0.25) is 0 Å². The molecule has 2 aromatic carbocycles. The molecule has 2 N–H and O–H groups in total. The molecule has 23 heavy (non-hydrogen) atoms. The molecule has 1 atom stereocenters. The molecule has 0 saturated carbocycles. The average Bonchev–Trinajstić information content (AvgIpc) is 2.55. The van der Waals surface area contributed by atoms with E-state index in [9.17, 15) is 0 Å². The third-order valence-electron chi connectivity index (χ3n) is 4.17. The van der Waals surface area contributed by atoms with Crippen molar-refractivity contribution in [3.8, 4) is 11.5 Å². The largest absolute Gasteiger partial charge is 0.493 e. The molecule has 0 fully saturated rings. The first-order chi connectivity index (χ1) is 11.1. The third kappa shape index (κ3) is 4.26. The third-order valence-corrected chi connectivity index (χ3v) is 4.17. The molecule has 0 heterocycles. The van der Waals surface area contributed by atoms with Gasteiger partial charge in [-0.1, -0.05) is 29.8 Å². The van der Waals surface area contributed by atoms with Crippen LogP contribution in [0.1, 0.15) is 35.1 Å². The Balaban J connectivity index is 2.28. The molecule has 3 heteroatoms. The van der Waals surface area contributed by atoms with Crippen LogP contribution in [-0.2, 0) is 6.42 Å². The van der Waals surface area contributed by atoms with Crippen molar-refractivity contribution in [3.63, 3.8) is 0 Å². The van der Waals surface area contributed by atoms with E-state index in [1.54, 1.807) is 7.11 Å². The summed E-state index contributed by atoms with van der Waals surface area (Å²) < 4.78 is 11.0. The molecule has 0 aliphatic heterocycles. The van der Waals surface area contributed by atoms with E-state index in [2.05, 4.69) is 44.2 Å². The second kappa shape index (κ2) is 8.02. The van der Waals surface area contributed by atoms with Crippen LogP contribution in [0.3, 0.4) is 0 Å². The highest BCUT2D eigenvalue weighted by Crippen LogP contribution is 2.31. The van der Waals surface area contributed by atoms with Crippen molar-refractivity contribution in [2.45, 2.75) is 33.1 Å². The zero-order valence-corrected chi connectivity index (χ0v) is 14.6. The Labute approximate surface area is 139 Å². The number of benzene rings is 2. The first-order valence-corrected chi connectivity index (χ1v) is 8.16. The van der Waals surface area contributed by atoms with E-state index in [0.29, 0.717) is 19.1 Å². The predicted molar refractivity (Wildman–Crippen MR) is 95.6 cm³/mol. The Morgan fingerprint density at radius 2 is 1.83 bits per heavy atom. The van der Waals surface area contributed by atoms with E-state index < -0.39 is 0 Å². The van der Waals surface area contributed by atoms with E-state index in [1.165, 1.54) is 22.3 Å². The summed E-state index contributed by atoms with van der Waals surface area (Å²) in [6.45, 7) is 7.50. The fraction of sp³-hybridized carbons (Fsp3) is 0.400. The van der Waals surface area contributed by atoms with Crippen LogP contribution >= 0.6 is 0 Å². The summed E-state index contributed by atoms with van der Waals surface area (Å²) in [6.07, 6.45) is 0.894. The lowest BCUT2D eigenvalue weighted by atomic mass is 9.88. The molecular weight excluding hydrogens is 286 g/mol. The van der Waals surface area contributed by atoms with Crippen molar-refractivity contribution < 1.29 is 9.47 Å². The molecule has 0 aromatic heterocycles. The van der Waals surface area contributed by atoms with Gasteiger partial charge in [-0.3, -0.25) is 0 Å². The maximum atomic E-state index is 6.07. The molecule has 3 nitrogen and oxygen atoms in total. The van der Waals surface area contributed by atoms with E-state index in [-0.39, 0.29) is 0 Å². The summed E-state index contributed by atoms with van der Waals surface area (Å²) in [7, 11) is 1.66. The number of hydrogen-bond acceptors (Lipinski definition) is 3. The van der Waals surface area contributed by atoms with E-state index in [4.69, 9.17) is 15.2 Å². The predicted octanol–water partition coefficient (Wildman–Crippen LogP) is 4.00. The van der Waals surface area contributed by atoms with Gasteiger partial charge in [0.05, 0.1) is 13.7 Å². The van der Waals surface area contributed by atoms with Crippen LogP contribution in [-0.4, -0.2) is 20.3 Å². The Hall–Kier alpha value is -2.00. The first kappa shape index (κ1) is 17.4. The molecule has 0 spiro atoms. The van der Waals surface area contributed by atoms with Crippen molar-refractivity contribution in [3.05, 3.63) is 58.7 Å². The van der Waals surface area contributed by atoms with Crippen LogP contribution in [0.4, 0.5) is 0 Å². The minimum absolute atomic E-state index is 0.303. The molecule has 2 aromatic rings. The molecule has 0 amide bonds. The van der Waals surface area contributed by atoms with Crippen molar-refractivity contribution in [1.82, 2.24) is 0 Å². The number of aryl methyl sites for hydroxylation is 2. The molecule has 2 rings (SSSR count). The zero-order valence-electron chi connectivity index (χ0n) is 14.6. The van der Waals surface area contributed by atoms with E-state index in [1.807, 2.05) is 13.0 Å². The molecule has 124 valence electrons. The number of hydrogen-bond donors (Lipinski definition) is 1.